The van der Waals surface area contributed by atoms with Crippen LogP contribution in [-0.4, -0.2) is 47.5 Å². The Bertz CT molecular complexity index is 748. The van der Waals surface area contributed by atoms with Gasteiger partial charge in [0.05, 0.1) is 5.56 Å². The topological polar surface area (TPSA) is 40.6 Å². The summed E-state index contributed by atoms with van der Waals surface area (Å²) in [5, 5.41) is 0. The van der Waals surface area contributed by atoms with Crippen LogP contribution in [0.3, 0.4) is 0 Å². The molecule has 2 amide bonds. The number of nitrogens with zero attached hydrogens (tertiary/aromatic N) is 2. The molecule has 5 heteroatoms. The number of amides is 2. The summed E-state index contributed by atoms with van der Waals surface area (Å²) in [5.74, 6) is 0.122. The molecule has 0 radical (unpaired) electrons. The molecule has 1 aliphatic heterocycles. The Balaban J connectivity index is 1.70. The van der Waals surface area contributed by atoms with E-state index >= 15 is 0 Å². The van der Waals surface area contributed by atoms with Crippen LogP contribution in [0.25, 0.3) is 0 Å². The molecule has 1 heterocycles. The molecule has 1 saturated heterocycles. The van der Waals surface area contributed by atoms with Crippen LogP contribution < -0.4 is 0 Å². The minimum absolute atomic E-state index is 0.0133. The van der Waals surface area contributed by atoms with Crippen LogP contribution in [0.15, 0.2) is 59.5 Å². The van der Waals surface area contributed by atoms with E-state index in [1.54, 1.807) is 16.7 Å². The molecule has 0 N–H and O–H groups in total. The minimum atomic E-state index is 0.0133. The van der Waals surface area contributed by atoms with E-state index in [0.717, 1.165) is 16.0 Å². The highest BCUT2D eigenvalue weighted by atomic mass is 32.2. The van der Waals surface area contributed by atoms with Crippen molar-refractivity contribution in [2.24, 2.45) is 0 Å². The first-order valence-electron chi connectivity index (χ1n) is 8.43. The number of rotatable bonds is 4. The van der Waals surface area contributed by atoms with E-state index in [9.17, 15) is 9.59 Å². The lowest BCUT2D eigenvalue weighted by molar-refractivity contribution is -0.130. The summed E-state index contributed by atoms with van der Waals surface area (Å²) in [7, 11) is 0. The Morgan fingerprint density at radius 3 is 2.48 bits per heavy atom. The Morgan fingerprint density at radius 2 is 1.72 bits per heavy atom. The van der Waals surface area contributed by atoms with Gasteiger partial charge in [-0.2, -0.15) is 0 Å². The summed E-state index contributed by atoms with van der Waals surface area (Å²) in [6.45, 7) is 2.22. The molecule has 0 atom stereocenters. The van der Waals surface area contributed by atoms with Gasteiger partial charge in [-0.3, -0.25) is 9.59 Å². The molecular weight excluding hydrogens is 332 g/mol. The van der Waals surface area contributed by atoms with Crippen molar-refractivity contribution in [3.63, 3.8) is 0 Å². The van der Waals surface area contributed by atoms with Gasteiger partial charge in [-0.05, 0) is 24.0 Å². The predicted octanol–water partition coefficient (Wildman–Crippen LogP) is 3.28. The standard InChI is InChI=1S/C20H22N2O2S/c1-25-18-10-6-5-9-17(18)20(24)21-12-11-19(23)22(14-13-21)15-16-7-3-2-4-8-16/h2-10H,11-15H2,1H3. The van der Waals surface area contributed by atoms with Gasteiger partial charge in [0.1, 0.15) is 0 Å². The van der Waals surface area contributed by atoms with Crippen molar-refractivity contribution in [3.05, 3.63) is 65.7 Å². The third kappa shape index (κ3) is 4.23. The maximum Gasteiger partial charge on any atom is 0.255 e. The van der Waals surface area contributed by atoms with Crippen LogP contribution in [0, 0.1) is 0 Å². The predicted molar refractivity (Wildman–Crippen MR) is 101 cm³/mol. The second-order valence-corrected chi connectivity index (χ2v) is 6.89. The van der Waals surface area contributed by atoms with E-state index in [1.807, 2.05) is 65.8 Å². The molecule has 0 bridgehead atoms. The van der Waals surface area contributed by atoms with Crippen LogP contribution in [0.1, 0.15) is 22.3 Å². The van der Waals surface area contributed by atoms with E-state index in [-0.39, 0.29) is 11.8 Å². The highest BCUT2D eigenvalue weighted by Crippen LogP contribution is 2.22. The van der Waals surface area contributed by atoms with Crippen LogP contribution >= 0.6 is 11.8 Å². The number of benzene rings is 2. The second kappa shape index (κ2) is 8.21. The molecule has 130 valence electrons. The minimum Gasteiger partial charge on any atom is -0.337 e. The van der Waals surface area contributed by atoms with Gasteiger partial charge >= 0.3 is 0 Å². The zero-order valence-electron chi connectivity index (χ0n) is 14.4. The van der Waals surface area contributed by atoms with Crippen LogP contribution in [0.5, 0.6) is 0 Å². The van der Waals surface area contributed by atoms with E-state index in [0.29, 0.717) is 32.6 Å². The van der Waals surface area contributed by atoms with Crippen molar-refractivity contribution >= 4 is 23.6 Å². The van der Waals surface area contributed by atoms with Gasteiger partial charge in [0.2, 0.25) is 5.91 Å². The summed E-state index contributed by atoms with van der Waals surface area (Å²) >= 11 is 1.57. The molecule has 2 aromatic rings. The number of hydrogen-bond donors (Lipinski definition) is 0. The first-order valence-corrected chi connectivity index (χ1v) is 9.65. The summed E-state index contributed by atoms with van der Waals surface area (Å²) < 4.78 is 0. The van der Waals surface area contributed by atoms with Gasteiger partial charge in [0.25, 0.3) is 5.91 Å². The highest BCUT2D eigenvalue weighted by Gasteiger charge is 2.25. The molecule has 0 aromatic heterocycles. The Morgan fingerprint density at radius 1 is 1.00 bits per heavy atom. The summed E-state index contributed by atoms with van der Waals surface area (Å²) in [6.07, 6.45) is 2.35. The smallest absolute Gasteiger partial charge is 0.255 e. The third-order valence-electron chi connectivity index (χ3n) is 4.43. The maximum absolute atomic E-state index is 12.9. The molecule has 25 heavy (non-hydrogen) atoms. The number of hydrogen-bond acceptors (Lipinski definition) is 3. The van der Waals surface area contributed by atoms with Gasteiger partial charge in [-0.1, -0.05) is 42.5 Å². The molecule has 1 fully saturated rings. The van der Waals surface area contributed by atoms with Crippen molar-refractivity contribution in [3.8, 4) is 0 Å². The molecule has 2 aromatic carbocycles. The first kappa shape index (κ1) is 17.5. The van der Waals surface area contributed by atoms with Crippen LogP contribution in [-0.2, 0) is 11.3 Å². The zero-order valence-corrected chi connectivity index (χ0v) is 15.2. The number of thioether (sulfide) groups is 1. The molecule has 0 unspecified atom stereocenters. The van der Waals surface area contributed by atoms with Crippen molar-refractivity contribution < 1.29 is 9.59 Å². The fraction of sp³-hybridized carbons (Fsp3) is 0.300. The van der Waals surface area contributed by atoms with Gasteiger partial charge in [0, 0.05) is 37.5 Å². The largest absolute Gasteiger partial charge is 0.337 e. The number of carbonyl (C=O) groups is 2. The zero-order chi connectivity index (χ0) is 17.6. The summed E-state index contributed by atoms with van der Waals surface area (Å²) in [6, 6.07) is 17.6. The fourth-order valence-electron chi connectivity index (χ4n) is 3.03. The first-order chi connectivity index (χ1) is 12.2. The lowest BCUT2D eigenvalue weighted by atomic mass is 10.2. The quantitative estimate of drug-likeness (QED) is 0.791. The normalized spacial score (nSPS) is 15.2. The third-order valence-corrected chi connectivity index (χ3v) is 5.22. The molecule has 1 aliphatic rings. The van der Waals surface area contributed by atoms with Crippen molar-refractivity contribution in [2.75, 3.05) is 25.9 Å². The van der Waals surface area contributed by atoms with Crippen molar-refractivity contribution in [2.45, 2.75) is 17.9 Å². The lowest BCUT2D eigenvalue weighted by Crippen LogP contribution is -2.35. The molecule has 0 saturated carbocycles. The fourth-order valence-corrected chi connectivity index (χ4v) is 3.62. The van der Waals surface area contributed by atoms with Crippen LogP contribution in [0.2, 0.25) is 0 Å². The average Bonchev–Trinajstić information content (AvgIpc) is 2.84. The molecule has 3 rings (SSSR count). The second-order valence-electron chi connectivity index (χ2n) is 6.04. The Hall–Kier alpha value is -2.27. The lowest BCUT2D eigenvalue weighted by Gasteiger charge is -2.23. The average molecular weight is 354 g/mol. The Kier molecular flexibility index (Phi) is 5.76. The molecule has 0 spiro atoms. The summed E-state index contributed by atoms with van der Waals surface area (Å²) in [4.78, 5) is 29.9. The monoisotopic (exact) mass is 354 g/mol. The SMILES string of the molecule is CSc1ccccc1C(=O)N1CCC(=O)N(Cc2ccccc2)CC1. The van der Waals surface area contributed by atoms with E-state index in [4.69, 9.17) is 0 Å². The van der Waals surface area contributed by atoms with Gasteiger partial charge in [-0.15, -0.1) is 11.8 Å². The van der Waals surface area contributed by atoms with E-state index in [1.165, 1.54) is 0 Å². The van der Waals surface area contributed by atoms with Gasteiger partial charge in [0.15, 0.2) is 0 Å². The molecular formula is C20H22N2O2S. The van der Waals surface area contributed by atoms with E-state index in [2.05, 4.69) is 0 Å². The van der Waals surface area contributed by atoms with Crippen molar-refractivity contribution in [1.29, 1.82) is 0 Å². The summed E-state index contributed by atoms with van der Waals surface area (Å²) in [5.41, 5.74) is 1.84. The highest BCUT2D eigenvalue weighted by molar-refractivity contribution is 7.98. The maximum atomic E-state index is 12.9. The van der Waals surface area contributed by atoms with E-state index < -0.39 is 0 Å². The van der Waals surface area contributed by atoms with Crippen LogP contribution in [0.4, 0.5) is 0 Å². The molecule has 0 aliphatic carbocycles. The van der Waals surface area contributed by atoms with Gasteiger partial charge < -0.3 is 9.80 Å². The molecule has 4 nitrogen and oxygen atoms in total. The van der Waals surface area contributed by atoms with Gasteiger partial charge in [-0.25, -0.2) is 0 Å². The Labute approximate surface area is 152 Å². The number of carbonyl (C=O) groups excluding carboxylic acids is 2. The van der Waals surface area contributed by atoms with Crippen molar-refractivity contribution in [1.82, 2.24) is 9.80 Å².